The van der Waals surface area contributed by atoms with E-state index < -0.39 is 0 Å². The Kier molecular flexibility index (Phi) is 5.92. The molecular weight excluding hydrogens is 384 g/mol. The van der Waals surface area contributed by atoms with Gasteiger partial charge in [0.25, 0.3) is 5.91 Å². The number of hydrogen-bond donors (Lipinski definition) is 2. The maximum Gasteiger partial charge on any atom is 0.261 e. The van der Waals surface area contributed by atoms with Crippen molar-refractivity contribution in [2.24, 2.45) is 0 Å². The zero-order valence-corrected chi connectivity index (χ0v) is 16.7. The molecule has 27 heavy (non-hydrogen) atoms. The van der Waals surface area contributed by atoms with Crippen molar-refractivity contribution in [2.45, 2.75) is 25.1 Å². The molecule has 2 amide bonds. The maximum absolute atomic E-state index is 12.3. The molecule has 140 valence electrons. The minimum atomic E-state index is -0.297. The largest absolute Gasteiger partial charge is 0.466 e. The molecule has 0 atom stereocenters. The van der Waals surface area contributed by atoms with E-state index in [4.69, 9.17) is 4.42 Å². The molecule has 1 aromatic carbocycles. The lowest BCUT2D eigenvalue weighted by Gasteiger charge is -2.04. The molecule has 7 nitrogen and oxygen atoms in total. The lowest BCUT2D eigenvalue weighted by atomic mass is 10.2. The van der Waals surface area contributed by atoms with Crippen molar-refractivity contribution in [2.75, 3.05) is 16.4 Å². The smallest absolute Gasteiger partial charge is 0.261 e. The zero-order chi connectivity index (χ0) is 19.4. The van der Waals surface area contributed by atoms with Gasteiger partial charge in [0.05, 0.1) is 11.3 Å². The maximum atomic E-state index is 12.3. The van der Waals surface area contributed by atoms with E-state index in [9.17, 15) is 9.59 Å². The van der Waals surface area contributed by atoms with E-state index in [2.05, 4.69) is 20.8 Å². The van der Waals surface area contributed by atoms with Crippen molar-refractivity contribution in [3.05, 3.63) is 53.0 Å². The molecule has 9 heteroatoms. The average molecular weight is 403 g/mol. The van der Waals surface area contributed by atoms with Crippen molar-refractivity contribution in [1.29, 1.82) is 0 Å². The molecule has 2 N–H and O–H groups in total. The lowest BCUT2D eigenvalue weighted by Crippen LogP contribution is -2.13. The number of rotatable bonds is 6. The Morgan fingerprint density at radius 2 is 1.96 bits per heavy atom. The predicted molar refractivity (Wildman–Crippen MR) is 107 cm³/mol. The van der Waals surface area contributed by atoms with Gasteiger partial charge in [0.2, 0.25) is 11.0 Å². The van der Waals surface area contributed by atoms with Gasteiger partial charge >= 0.3 is 0 Å². The third-order valence-electron chi connectivity index (χ3n) is 3.54. The summed E-state index contributed by atoms with van der Waals surface area (Å²) >= 11 is 2.48. The van der Waals surface area contributed by atoms with Gasteiger partial charge in [-0.3, -0.25) is 14.9 Å². The number of carbonyl (C=O) groups is 2. The van der Waals surface area contributed by atoms with E-state index in [1.807, 2.05) is 31.2 Å². The van der Waals surface area contributed by atoms with Crippen LogP contribution in [0.2, 0.25) is 0 Å². The zero-order valence-electron chi connectivity index (χ0n) is 15.0. The number of aromatic nitrogens is 2. The summed E-state index contributed by atoms with van der Waals surface area (Å²) in [5.74, 6) is 1.00. The molecule has 0 unspecified atom stereocenters. The Morgan fingerprint density at radius 3 is 2.67 bits per heavy atom. The van der Waals surface area contributed by atoms with Crippen LogP contribution in [0.3, 0.4) is 0 Å². The lowest BCUT2D eigenvalue weighted by molar-refractivity contribution is -0.113. The second kappa shape index (κ2) is 8.36. The van der Waals surface area contributed by atoms with Crippen molar-refractivity contribution < 1.29 is 14.0 Å². The van der Waals surface area contributed by atoms with Gasteiger partial charge < -0.3 is 9.73 Å². The minimum Gasteiger partial charge on any atom is -0.466 e. The highest BCUT2D eigenvalue weighted by atomic mass is 32.2. The number of aryl methyl sites for hydroxylation is 3. The molecular formula is C18H18N4O3S2. The van der Waals surface area contributed by atoms with E-state index in [0.29, 0.717) is 26.6 Å². The fourth-order valence-electron chi connectivity index (χ4n) is 2.39. The minimum absolute atomic E-state index is 0.129. The van der Waals surface area contributed by atoms with E-state index in [0.717, 1.165) is 11.3 Å². The molecule has 0 aliphatic rings. The van der Waals surface area contributed by atoms with Gasteiger partial charge in [0.15, 0.2) is 4.34 Å². The Labute approximate surface area is 164 Å². The molecule has 0 fully saturated rings. The van der Waals surface area contributed by atoms with Crippen molar-refractivity contribution in [3.8, 4) is 0 Å². The molecule has 0 spiro atoms. The van der Waals surface area contributed by atoms with Crippen LogP contribution in [0.1, 0.15) is 27.4 Å². The Balaban J connectivity index is 1.52. The van der Waals surface area contributed by atoms with Crippen LogP contribution in [0, 0.1) is 20.8 Å². The van der Waals surface area contributed by atoms with Gasteiger partial charge in [-0.25, -0.2) is 0 Å². The first-order valence-electron chi connectivity index (χ1n) is 8.12. The van der Waals surface area contributed by atoms with Crippen LogP contribution in [-0.2, 0) is 4.79 Å². The third-order valence-corrected chi connectivity index (χ3v) is 5.51. The van der Waals surface area contributed by atoms with Gasteiger partial charge in [0.1, 0.15) is 11.5 Å². The standard InChI is InChI=1S/C18H18N4O3S2/c1-10-5-4-6-13(7-10)19-15(23)9-26-18-22-21-17(27-18)20-16(24)14-8-11(2)25-12(14)3/h4-8H,9H2,1-3H3,(H,19,23)(H,20,21,24). The summed E-state index contributed by atoms with van der Waals surface area (Å²) in [7, 11) is 0. The van der Waals surface area contributed by atoms with E-state index in [-0.39, 0.29) is 17.6 Å². The Morgan fingerprint density at radius 1 is 1.15 bits per heavy atom. The fourth-order valence-corrected chi connectivity index (χ4v) is 3.93. The summed E-state index contributed by atoms with van der Waals surface area (Å²) in [6, 6.07) is 9.28. The van der Waals surface area contributed by atoms with E-state index >= 15 is 0 Å². The first-order valence-corrected chi connectivity index (χ1v) is 9.92. The van der Waals surface area contributed by atoms with Gasteiger partial charge in [0, 0.05) is 5.69 Å². The number of amides is 2. The fraction of sp³-hybridized carbons (Fsp3) is 0.222. The molecule has 0 radical (unpaired) electrons. The number of nitrogens with zero attached hydrogens (tertiary/aromatic N) is 2. The highest BCUT2D eigenvalue weighted by molar-refractivity contribution is 8.01. The number of nitrogens with one attached hydrogen (secondary N) is 2. The summed E-state index contributed by atoms with van der Waals surface area (Å²) in [5.41, 5.74) is 2.30. The molecule has 0 aliphatic carbocycles. The Hall–Kier alpha value is -2.65. The molecule has 3 rings (SSSR count). The quantitative estimate of drug-likeness (QED) is 0.477. The first-order chi connectivity index (χ1) is 12.9. The monoisotopic (exact) mass is 402 g/mol. The molecule has 2 heterocycles. The first kappa shape index (κ1) is 19.1. The summed E-state index contributed by atoms with van der Waals surface area (Å²) in [4.78, 5) is 24.3. The van der Waals surface area contributed by atoms with Crippen LogP contribution < -0.4 is 10.6 Å². The van der Waals surface area contributed by atoms with Crippen molar-refractivity contribution >= 4 is 45.7 Å². The normalized spacial score (nSPS) is 10.6. The summed E-state index contributed by atoms with van der Waals surface area (Å²) in [6.07, 6.45) is 0. The average Bonchev–Trinajstić information content (AvgIpc) is 3.18. The van der Waals surface area contributed by atoms with Crippen LogP contribution >= 0.6 is 23.1 Å². The number of benzene rings is 1. The summed E-state index contributed by atoms with van der Waals surface area (Å²) < 4.78 is 5.96. The van der Waals surface area contributed by atoms with Crippen molar-refractivity contribution in [1.82, 2.24) is 10.2 Å². The molecule has 0 aliphatic heterocycles. The van der Waals surface area contributed by atoms with Crippen molar-refractivity contribution in [3.63, 3.8) is 0 Å². The third kappa shape index (κ3) is 5.18. The van der Waals surface area contributed by atoms with E-state index in [1.165, 1.54) is 23.1 Å². The molecule has 0 saturated heterocycles. The van der Waals surface area contributed by atoms with E-state index in [1.54, 1.807) is 19.9 Å². The van der Waals surface area contributed by atoms with Crippen LogP contribution in [0.25, 0.3) is 0 Å². The second-order valence-electron chi connectivity index (χ2n) is 5.86. The van der Waals surface area contributed by atoms with Gasteiger partial charge in [-0.1, -0.05) is 35.2 Å². The number of thioether (sulfide) groups is 1. The highest BCUT2D eigenvalue weighted by Gasteiger charge is 2.16. The summed E-state index contributed by atoms with van der Waals surface area (Å²) in [6.45, 7) is 5.48. The highest BCUT2D eigenvalue weighted by Crippen LogP contribution is 2.26. The Bertz CT molecular complexity index is 981. The number of carbonyl (C=O) groups excluding carboxylic acids is 2. The molecule has 0 saturated carbocycles. The molecule has 3 aromatic rings. The molecule has 2 aromatic heterocycles. The van der Waals surface area contributed by atoms with Crippen LogP contribution in [0.15, 0.2) is 39.1 Å². The van der Waals surface area contributed by atoms with Crippen LogP contribution in [-0.4, -0.2) is 27.8 Å². The summed E-state index contributed by atoms with van der Waals surface area (Å²) in [5, 5.41) is 13.9. The molecule has 0 bridgehead atoms. The predicted octanol–water partition coefficient (Wildman–Crippen LogP) is 4.04. The van der Waals surface area contributed by atoms with Gasteiger partial charge in [-0.2, -0.15) is 0 Å². The SMILES string of the molecule is Cc1cccc(NC(=O)CSc2nnc(NC(=O)c3cc(C)oc3C)s2)c1. The van der Waals surface area contributed by atoms with Gasteiger partial charge in [-0.05, 0) is 44.5 Å². The van der Waals surface area contributed by atoms with Gasteiger partial charge in [-0.15, -0.1) is 10.2 Å². The second-order valence-corrected chi connectivity index (χ2v) is 8.06. The number of furan rings is 1. The van der Waals surface area contributed by atoms with Crippen LogP contribution in [0.4, 0.5) is 10.8 Å². The number of hydrogen-bond acceptors (Lipinski definition) is 7. The van der Waals surface area contributed by atoms with Crippen LogP contribution in [0.5, 0.6) is 0 Å². The number of anilines is 2. The topological polar surface area (TPSA) is 97.1 Å².